The zero-order valence-corrected chi connectivity index (χ0v) is 11.0. The maximum absolute atomic E-state index is 12.8. The summed E-state index contributed by atoms with van der Waals surface area (Å²) in [4.78, 5) is 11.3. The molecule has 0 aliphatic rings. The van der Waals surface area contributed by atoms with Crippen LogP contribution < -0.4 is 10.6 Å². The molecule has 1 aromatic carbocycles. The minimum atomic E-state index is -0.350. The first-order valence-electron chi connectivity index (χ1n) is 5.38. The summed E-state index contributed by atoms with van der Waals surface area (Å²) < 4.78 is 12.8. The molecule has 2 N–H and O–H groups in total. The van der Waals surface area contributed by atoms with Crippen LogP contribution in [0.15, 0.2) is 24.3 Å². The van der Waals surface area contributed by atoms with Crippen molar-refractivity contribution < 1.29 is 9.18 Å². The third-order valence-corrected chi connectivity index (χ3v) is 2.04. The third-order valence-electron chi connectivity index (χ3n) is 1.73. The predicted molar refractivity (Wildman–Crippen MR) is 71.3 cm³/mol. The van der Waals surface area contributed by atoms with E-state index < -0.39 is 0 Å². The van der Waals surface area contributed by atoms with Crippen molar-refractivity contribution in [2.75, 3.05) is 7.05 Å². The van der Waals surface area contributed by atoms with Gasteiger partial charge in [-0.3, -0.25) is 4.79 Å². The van der Waals surface area contributed by atoms with Crippen LogP contribution in [0.4, 0.5) is 4.39 Å². The number of hydrogen-bond acceptors (Lipinski definition) is 2. The summed E-state index contributed by atoms with van der Waals surface area (Å²) in [6.45, 7) is 4.00. The van der Waals surface area contributed by atoms with Gasteiger partial charge in [0.1, 0.15) is 5.82 Å². The minimum Gasteiger partial charge on any atom is -0.365 e. The van der Waals surface area contributed by atoms with Crippen LogP contribution in [0.3, 0.4) is 0 Å². The molecule has 0 radical (unpaired) electrons. The zero-order valence-electron chi connectivity index (χ0n) is 10.2. The highest BCUT2D eigenvalue weighted by Gasteiger charge is 2.05. The van der Waals surface area contributed by atoms with Crippen molar-refractivity contribution in [3.63, 3.8) is 0 Å². The molecule has 0 spiro atoms. The molecule has 1 aromatic rings. The van der Waals surface area contributed by atoms with E-state index in [-0.39, 0.29) is 23.3 Å². The Morgan fingerprint density at radius 1 is 1.41 bits per heavy atom. The third kappa shape index (κ3) is 6.63. The number of nitrogens with one attached hydrogen (secondary N) is 2. The van der Waals surface area contributed by atoms with Crippen molar-refractivity contribution in [3.05, 3.63) is 35.6 Å². The number of amides is 1. The van der Waals surface area contributed by atoms with E-state index in [0.717, 1.165) is 0 Å². The molecule has 3 nitrogen and oxygen atoms in total. The summed E-state index contributed by atoms with van der Waals surface area (Å²) in [6, 6.07) is 5.90. The first kappa shape index (κ1) is 15.5. The second kappa shape index (κ2) is 8.64. The molecule has 0 aliphatic carbocycles. The van der Waals surface area contributed by atoms with Gasteiger partial charge in [0, 0.05) is 7.05 Å². The van der Waals surface area contributed by atoms with Crippen LogP contribution in [-0.4, -0.2) is 18.1 Å². The lowest BCUT2D eigenvalue weighted by Gasteiger charge is -2.05. The highest BCUT2D eigenvalue weighted by Crippen LogP contribution is 2.03. The maximum atomic E-state index is 12.8. The van der Waals surface area contributed by atoms with E-state index in [4.69, 9.17) is 12.2 Å². The summed E-state index contributed by atoms with van der Waals surface area (Å²) in [6.07, 6.45) is 0.111. The van der Waals surface area contributed by atoms with Gasteiger partial charge in [-0.05, 0) is 29.9 Å². The molecule has 0 aliphatic heterocycles. The van der Waals surface area contributed by atoms with E-state index in [9.17, 15) is 9.18 Å². The quantitative estimate of drug-likeness (QED) is 0.795. The summed E-state index contributed by atoms with van der Waals surface area (Å²) in [7, 11) is 1.62. The molecule has 0 unspecified atom stereocenters. The van der Waals surface area contributed by atoms with E-state index in [2.05, 4.69) is 10.6 Å². The van der Waals surface area contributed by atoms with Crippen LogP contribution in [0.2, 0.25) is 0 Å². The van der Waals surface area contributed by atoms with Crippen LogP contribution in [-0.2, 0) is 11.2 Å². The lowest BCUT2D eigenvalue weighted by Crippen LogP contribution is -2.37. The monoisotopic (exact) mass is 256 g/mol. The van der Waals surface area contributed by atoms with Gasteiger partial charge in [-0.15, -0.1) is 0 Å². The van der Waals surface area contributed by atoms with Crippen LogP contribution in [0.25, 0.3) is 0 Å². The Bertz CT molecular complexity index is 383. The summed E-state index contributed by atoms with van der Waals surface area (Å²) in [5.74, 6) is -0.614. The van der Waals surface area contributed by atoms with Crippen molar-refractivity contribution in [1.82, 2.24) is 10.6 Å². The number of carbonyl (C=O) groups excluding carboxylic acids is 1. The van der Waals surface area contributed by atoms with E-state index in [1.54, 1.807) is 19.2 Å². The Kier molecular flexibility index (Phi) is 7.88. The Balaban J connectivity index is 0.00000121. The zero-order chi connectivity index (χ0) is 13.3. The van der Waals surface area contributed by atoms with Gasteiger partial charge in [-0.25, -0.2) is 4.39 Å². The van der Waals surface area contributed by atoms with Crippen molar-refractivity contribution in [2.45, 2.75) is 20.3 Å². The fourth-order valence-electron chi connectivity index (χ4n) is 1.07. The van der Waals surface area contributed by atoms with Crippen molar-refractivity contribution in [3.8, 4) is 0 Å². The molecule has 0 bridgehead atoms. The van der Waals surface area contributed by atoms with Crippen LogP contribution in [0.1, 0.15) is 19.4 Å². The first-order valence-corrected chi connectivity index (χ1v) is 5.78. The molecule has 1 amide bonds. The summed E-state index contributed by atoms with van der Waals surface area (Å²) in [5, 5.41) is 5.34. The molecule has 0 atom stereocenters. The van der Waals surface area contributed by atoms with Gasteiger partial charge in [-0.2, -0.15) is 0 Å². The van der Waals surface area contributed by atoms with Gasteiger partial charge in [-0.1, -0.05) is 26.0 Å². The van der Waals surface area contributed by atoms with Gasteiger partial charge in [0.15, 0.2) is 5.11 Å². The number of carbonyl (C=O) groups is 1. The Labute approximate surface area is 106 Å². The van der Waals surface area contributed by atoms with Crippen molar-refractivity contribution in [1.29, 1.82) is 0 Å². The van der Waals surface area contributed by atoms with Gasteiger partial charge in [0.25, 0.3) is 0 Å². The standard InChI is InChI=1S/C10H11FN2OS.C2H6/c1-12-10(15)13-9(14)6-7-3-2-4-8(11)5-7;1-2/h2-5H,6H2,1H3,(H2,12,13,14,15);1-2H3. The maximum Gasteiger partial charge on any atom is 0.230 e. The minimum absolute atomic E-state index is 0.111. The predicted octanol–water partition coefficient (Wildman–Crippen LogP) is 2.01. The number of hydrogen-bond donors (Lipinski definition) is 2. The molecule has 5 heteroatoms. The largest absolute Gasteiger partial charge is 0.365 e. The highest BCUT2D eigenvalue weighted by molar-refractivity contribution is 7.80. The second-order valence-electron chi connectivity index (χ2n) is 2.93. The molecule has 1 rings (SSSR count). The normalized spacial score (nSPS) is 8.71. The van der Waals surface area contributed by atoms with Crippen LogP contribution in [0, 0.1) is 5.82 Å². The molecule has 0 aromatic heterocycles. The average Bonchev–Trinajstić information content (AvgIpc) is 2.31. The van der Waals surface area contributed by atoms with Crippen molar-refractivity contribution >= 4 is 23.2 Å². The Hall–Kier alpha value is -1.49. The molecule has 0 heterocycles. The van der Waals surface area contributed by atoms with E-state index in [0.29, 0.717) is 5.56 Å². The van der Waals surface area contributed by atoms with Gasteiger partial charge in [0.2, 0.25) is 5.91 Å². The molecule has 0 saturated carbocycles. The number of rotatable bonds is 2. The SMILES string of the molecule is CC.CNC(=S)NC(=O)Cc1cccc(F)c1. The van der Waals surface area contributed by atoms with E-state index >= 15 is 0 Å². The van der Waals surface area contributed by atoms with Gasteiger partial charge < -0.3 is 10.6 Å². The van der Waals surface area contributed by atoms with E-state index in [1.807, 2.05) is 13.8 Å². The van der Waals surface area contributed by atoms with Crippen LogP contribution in [0.5, 0.6) is 0 Å². The molecule has 94 valence electrons. The topological polar surface area (TPSA) is 41.1 Å². The number of thiocarbonyl (C=S) groups is 1. The molecular formula is C12H17FN2OS. The lowest BCUT2D eigenvalue weighted by atomic mass is 10.1. The second-order valence-corrected chi connectivity index (χ2v) is 3.34. The lowest BCUT2D eigenvalue weighted by molar-refractivity contribution is -0.119. The molecule has 0 fully saturated rings. The number of benzene rings is 1. The summed E-state index contributed by atoms with van der Waals surface area (Å²) >= 11 is 4.76. The summed E-state index contributed by atoms with van der Waals surface area (Å²) in [5.41, 5.74) is 0.617. The average molecular weight is 256 g/mol. The molecule has 17 heavy (non-hydrogen) atoms. The molecule has 0 saturated heterocycles. The highest BCUT2D eigenvalue weighted by atomic mass is 32.1. The number of halogens is 1. The first-order chi connectivity index (χ1) is 8.11. The Morgan fingerprint density at radius 2 is 2.06 bits per heavy atom. The Morgan fingerprint density at radius 3 is 2.59 bits per heavy atom. The molecular weight excluding hydrogens is 239 g/mol. The fraction of sp³-hybridized carbons (Fsp3) is 0.333. The van der Waals surface area contributed by atoms with E-state index in [1.165, 1.54) is 12.1 Å². The fourth-order valence-corrected chi connectivity index (χ4v) is 1.18. The smallest absolute Gasteiger partial charge is 0.230 e. The van der Waals surface area contributed by atoms with Gasteiger partial charge in [0.05, 0.1) is 6.42 Å². The van der Waals surface area contributed by atoms with Gasteiger partial charge >= 0.3 is 0 Å². The van der Waals surface area contributed by atoms with Crippen molar-refractivity contribution in [2.24, 2.45) is 0 Å². The van der Waals surface area contributed by atoms with Crippen LogP contribution >= 0.6 is 12.2 Å².